The number of nitrogens with one attached hydrogen (secondary N) is 2. The average Bonchev–Trinajstić information content (AvgIpc) is 2.93. The van der Waals surface area contributed by atoms with Crippen molar-refractivity contribution in [1.82, 2.24) is 5.43 Å². The molecule has 0 bridgehead atoms. The van der Waals surface area contributed by atoms with Crippen molar-refractivity contribution in [1.29, 1.82) is 0 Å². The first-order valence-electron chi connectivity index (χ1n) is 11.3. The summed E-state index contributed by atoms with van der Waals surface area (Å²) in [5.74, 6) is 0.401. The zero-order valence-electron chi connectivity index (χ0n) is 19.5. The number of ether oxygens (including phenoxy) is 2. The first kappa shape index (κ1) is 24.2. The molecule has 0 radical (unpaired) electrons. The van der Waals surface area contributed by atoms with E-state index < -0.39 is 0 Å². The molecule has 7 nitrogen and oxygen atoms in total. The van der Waals surface area contributed by atoms with Crippen LogP contribution in [0.15, 0.2) is 114 Å². The summed E-state index contributed by atoms with van der Waals surface area (Å²) in [6.45, 7) is 0.251. The minimum atomic E-state index is -0.376. The number of carbonyl (C=O) groups excluding carboxylic acids is 2. The lowest BCUT2D eigenvalue weighted by atomic mass is 10.2. The number of amides is 2. The van der Waals surface area contributed by atoms with Gasteiger partial charge < -0.3 is 14.8 Å². The maximum Gasteiger partial charge on any atom is 0.275 e. The molecule has 2 N–H and O–H groups in total. The quantitative estimate of drug-likeness (QED) is 0.246. The second kappa shape index (κ2) is 12.5. The van der Waals surface area contributed by atoms with Gasteiger partial charge >= 0.3 is 0 Å². The van der Waals surface area contributed by atoms with E-state index in [9.17, 15) is 9.59 Å². The third kappa shape index (κ3) is 7.30. The molecule has 0 saturated heterocycles. The van der Waals surface area contributed by atoms with Crippen molar-refractivity contribution < 1.29 is 19.1 Å². The Hall–Kier alpha value is -4.91. The maximum atomic E-state index is 12.6. The van der Waals surface area contributed by atoms with Gasteiger partial charge in [0.25, 0.3) is 11.8 Å². The standard InChI is InChI=1S/C29H25N3O4/c33-28(31-24-11-5-2-6-12-24)21-35-25-17-15-22(16-18-25)19-30-32-29(34)26-13-7-8-14-27(26)36-20-23-9-3-1-4-10-23/h1-19H,20-21H2,(H,31,33)(H,32,34)/b30-19+. The highest BCUT2D eigenvalue weighted by molar-refractivity contribution is 5.97. The van der Waals surface area contributed by atoms with E-state index in [-0.39, 0.29) is 18.4 Å². The molecule has 4 aromatic carbocycles. The molecule has 0 saturated carbocycles. The second-order valence-electron chi connectivity index (χ2n) is 7.74. The van der Waals surface area contributed by atoms with E-state index in [4.69, 9.17) is 9.47 Å². The molecule has 0 unspecified atom stereocenters. The Morgan fingerprint density at radius 3 is 2.17 bits per heavy atom. The van der Waals surface area contributed by atoms with Gasteiger partial charge in [0.15, 0.2) is 6.61 Å². The van der Waals surface area contributed by atoms with Crippen LogP contribution in [-0.4, -0.2) is 24.6 Å². The monoisotopic (exact) mass is 479 g/mol. The van der Waals surface area contributed by atoms with Crippen molar-refractivity contribution in [3.63, 3.8) is 0 Å². The second-order valence-corrected chi connectivity index (χ2v) is 7.74. The fourth-order valence-electron chi connectivity index (χ4n) is 3.26. The molecule has 0 aromatic heterocycles. The highest BCUT2D eigenvalue weighted by Crippen LogP contribution is 2.19. The lowest BCUT2D eigenvalue weighted by molar-refractivity contribution is -0.118. The van der Waals surface area contributed by atoms with E-state index in [0.29, 0.717) is 29.4 Å². The third-order valence-corrected chi connectivity index (χ3v) is 5.06. The molecule has 0 atom stereocenters. The Morgan fingerprint density at radius 1 is 0.750 bits per heavy atom. The molecule has 7 heteroatoms. The molecule has 0 aliphatic carbocycles. The molecule has 0 aliphatic heterocycles. The van der Waals surface area contributed by atoms with Crippen molar-refractivity contribution >= 4 is 23.7 Å². The Morgan fingerprint density at radius 2 is 1.42 bits per heavy atom. The Bertz CT molecular complexity index is 1310. The van der Waals surface area contributed by atoms with E-state index >= 15 is 0 Å². The minimum absolute atomic E-state index is 0.107. The minimum Gasteiger partial charge on any atom is -0.488 e. The van der Waals surface area contributed by atoms with Crippen molar-refractivity contribution in [3.05, 3.63) is 126 Å². The topological polar surface area (TPSA) is 89.0 Å². The van der Waals surface area contributed by atoms with Gasteiger partial charge in [-0.1, -0.05) is 60.7 Å². The van der Waals surface area contributed by atoms with Crippen LogP contribution in [0.5, 0.6) is 11.5 Å². The van der Waals surface area contributed by atoms with Gasteiger partial charge in [0.1, 0.15) is 18.1 Å². The molecule has 4 aromatic rings. The fraction of sp³-hybridized carbons (Fsp3) is 0.0690. The number of hydrazone groups is 1. The molecule has 0 spiro atoms. The van der Waals surface area contributed by atoms with Crippen LogP contribution in [0.3, 0.4) is 0 Å². The number of para-hydroxylation sites is 2. The summed E-state index contributed by atoms with van der Waals surface area (Å²) < 4.78 is 11.4. The fourth-order valence-corrected chi connectivity index (χ4v) is 3.26. The average molecular weight is 480 g/mol. The Balaban J connectivity index is 1.26. The van der Waals surface area contributed by atoms with Gasteiger partial charge in [-0.3, -0.25) is 9.59 Å². The van der Waals surface area contributed by atoms with Crippen LogP contribution in [-0.2, 0) is 11.4 Å². The molecule has 180 valence electrons. The van der Waals surface area contributed by atoms with Crippen molar-refractivity contribution in [2.75, 3.05) is 11.9 Å². The van der Waals surface area contributed by atoms with Gasteiger partial charge in [-0.15, -0.1) is 0 Å². The van der Waals surface area contributed by atoms with E-state index in [0.717, 1.165) is 11.1 Å². The van der Waals surface area contributed by atoms with Gasteiger partial charge in [0.2, 0.25) is 0 Å². The normalized spacial score (nSPS) is 10.6. The summed E-state index contributed by atoms with van der Waals surface area (Å²) in [5.41, 5.74) is 5.40. The van der Waals surface area contributed by atoms with Crippen molar-refractivity contribution in [3.8, 4) is 11.5 Å². The zero-order valence-corrected chi connectivity index (χ0v) is 19.5. The number of benzene rings is 4. The molecule has 0 aliphatic rings. The third-order valence-electron chi connectivity index (χ3n) is 5.06. The Labute approximate surface area is 209 Å². The largest absolute Gasteiger partial charge is 0.488 e. The SMILES string of the molecule is O=C(COc1ccc(/C=N/NC(=O)c2ccccc2OCc2ccccc2)cc1)Nc1ccccc1. The number of hydrogen-bond donors (Lipinski definition) is 2. The molecular weight excluding hydrogens is 454 g/mol. The summed E-state index contributed by atoms with van der Waals surface area (Å²) >= 11 is 0. The van der Waals surface area contributed by atoms with Crippen LogP contribution < -0.4 is 20.2 Å². The van der Waals surface area contributed by atoms with Crippen molar-refractivity contribution in [2.24, 2.45) is 5.10 Å². The van der Waals surface area contributed by atoms with Gasteiger partial charge in [-0.25, -0.2) is 5.43 Å². The summed E-state index contributed by atoms with van der Waals surface area (Å²) in [6.07, 6.45) is 1.53. The van der Waals surface area contributed by atoms with Crippen LogP contribution in [0.4, 0.5) is 5.69 Å². The van der Waals surface area contributed by atoms with Crippen molar-refractivity contribution in [2.45, 2.75) is 6.61 Å². The number of anilines is 1. The van der Waals surface area contributed by atoms with Crippen LogP contribution >= 0.6 is 0 Å². The van der Waals surface area contributed by atoms with Gasteiger partial charge in [-0.2, -0.15) is 5.10 Å². The lowest BCUT2D eigenvalue weighted by Gasteiger charge is -2.10. The maximum absolute atomic E-state index is 12.6. The smallest absolute Gasteiger partial charge is 0.275 e. The van der Waals surface area contributed by atoms with E-state index in [1.807, 2.05) is 54.6 Å². The summed E-state index contributed by atoms with van der Waals surface area (Å²) in [5, 5.41) is 6.80. The van der Waals surface area contributed by atoms with Gasteiger partial charge in [0.05, 0.1) is 11.8 Å². The van der Waals surface area contributed by atoms with Gasteiger partial charge in [-0.05, 0) is 59.7 Å². The first-order chi connectivity index (χ1) is 17.7. The molecule has 0 heterocycles. The molecular formula is C29H25N3O4. The number of carbonyl (C=O) groups is 2. The summed E-state index contributed by atoms with van der Waals surface area (Å²) in [4.78, 5) is 24.6. The van der Waals surface area contributed by atoms with Crippen LogP contribution in [0.1, 0.15) is 21.5 Å². The molecule has 0 fully saturated rings. The van der Waals surface area contributed by atoms with Crippen LogP contribution in [0.25, 0.3) is 0 Å². The van der Waals surface area contributed by atoms with Crippen LogP contribution in [0, 0.1) is 0 Å². The molecule has 36 heavy (non-hydrogen) atoms. The van der Waals surface area contributed by atoms with Crippen LogP contribution in [0.2, 0.25) is 0 Å². The number of rotatable bonds is 10. The molecule has 2 amide bonds. The highest BCUT2D eigenvalue weighted by Gasteiger charge is 2.11. The molecule has 4 rings (SSSR count). The van der Waals surface area contributed by atoms with E-state index in [1.54, 1.807) is 54.6 Å². The van der Waals surface area contributed by atoms with E-state index in [2.05, 4.69) is 15.8 Å². The Kier molecular flexibility index (Phi) is 8.43. The number of nitrogens with zero attached hydrogens (tertiary/aromatic N) is 1. The lowest BCUT2D eigenvalue weighted by Crippen LogP contribution is -2.20. The highest BCUT2D eigenvalue weighted by atomic mass is 16.5. The zero-order chi connectivity index (χ0) is 25.0. The first-order valence-corrected chi connectivity index (χ1v) is 11.3. The summed E-state index contributed by atoms with van der Waals surface area (Å²) in [6, 6.07) is 32.9. The summed E-state index contributed by atoms with van der Waals surface area (Å²) in [7, 11) is 0. The van der Waals surface area contributed by atoms with Gasteiger partial charge in [0, 0.05) is 5.69 Å². The predicted octanol–water partition coefficient (Wildman–Crippen LogP) is 5.05. The van der Waals surface area contributed by atoms with E-state index in [1.165, 1.54) is 6.21 Å². The number of hydrogen-bond acceptors (Lipinski definition) is 5. The predicted molar refractivity (Wildman–Crippen MR) is 139 cm³/mol.